The number of aliphatic hydroxyl groups is 1. The number of amides is 1. The van der Waals surface area contributed by atoms with Crippen LogP contribution < -0.4 is 18.9 Å². The van der Waals surface area contributed by atoms with Crippen molar-refractivity contribution < 1.29 is 33.2 Å². The van der Waals surface area contributed by atoms with Gasteiger partial charge in [-0.1, -0.05) is 23.7 Å². The molecule has 2 saturated heterocycles. The highest BCUT2D eigenvalue weighted by atomic mass is 35.5. The van der Waals surface area contributed by atoms with Crippen LogP contribution in [0.25, 0.3) is 0 Å². The molecule has 234 valence electrons. The van der Waals surface area contributed by atoms with Crippen LogP contribution in [0.4, 0.5) is 4.39 Å². The Morgan fingerprint density at radius 1 is 1.02 bits per heavy atom. The molecule has 0 radical (unpaired) electrons. The van der Waals surface area contributed by atoms with Crippen LogP contribution >= 0.6 is 11.6 Å². The van der Waals surface area contributed by atoms with Crippen molar-refractivity contribution in [3.63, 3.8) is 0 Å². The number of hydrogen-bond acceptors (Lipinski definition) is 7. The van der Waals surface area contributed by atoms with Crippen LogP contribution in [0.15, 0.2) is 54.6 Å². The fourth-order valence-corrected chi connectivity index (χ4v) is 6.48. The van der Waals surface area contributed by atoms with Crippen LogP contribution in [-0.2, 0) is 13.0 Å². The van der Waals surface area contributed by atoms with Gasteiger partial charge in [-0.15, -0.1) is 0 Å². The minimum Gasteiger partial charge on any atom is -0.497 e. The molecule has 1 amide bonds. The SMILES string of the molecule is COc1ccc(COc2cc(OC[C@@H](O)CN3CCC4(CC3)Cc3cc(F)ccc3O4)c(C(=O)N3CCCC3)cc2Cl)cc1. The number of rotatable bonds is 10. The number of piperidine rings is 1. The number of aliphatic hydroxyl groups excluding tert-OH is 1. The van der Waals surface area contributed by atoms with Gasteiger partial charge in [0.25, 0.3) is 5.91 Å². The predicted molar refractivity (Wildman–Crippen MR) is 165 cm³/mol. The van der Waals surface area contributed by atoms with Crippen molar-refractivity contribution in [1.82, 2.24) is 9.80 Å². The van der Waals surface area contributed by atoms with E-state index in [0.29, 0.717) is 48.1 Å². The third kappa shape index (κ3) is 6.90. The molecule has 44 heavy (non-hydrogen) atoms. The number of benzene rings is 3. The predicted octanol–water partition coefficient (Wildman–Crippen LogP) is 5.51. The summed E-state index contributed by atoms with van der Waals surface area (Å²) >= 11 is 6.59. The Morgan fingerprint density at radius 3 is 2.50 bits per heavy atom. The Bertz CT molecular complexity index is 1470. The number of carbonyl (C=O) groups is 1. The van der Waals surface area contributed by atoms with Crippen molar-refractivity contribution in [3.05, 3.63) is 82.1 Å². The second-order valence-corrected chi connectivity index (χ2v) is 12.3. The van der Waals surface area contributed by atoms with E-state index in [1.807, 2.05) is 24.3 Å². The molecule has 6 rings (SSSR count). The highest BCUT2D eigenvalue weighted by Crippen LogP contribution is 2.41. The van der Waals surface area contributed by atoms with Gasteiger partial charge in [-0.2, -0.15) is 0 Å². The fraction of sp³-hybridized carbons (Fsp3) is 0.441. The zero-order valence-corrected chi connectivity index (χ0v) is 25.7. The summed E-state index contributed by atoms with van der Waals surface area (Å²) in [6.45, 7) is 3.56. The molecule has 1 N–H and O–H groups in total. The van der Waals surface area contributed by atoms with Crippen LogP contribution in [0.5, 0.6) is 23.0 Å². The van der Waals surface area contributed by atoms with E-state index in [4.69, 9.17) is 30.5 Å². The third-order valence-electron chi connectivity index (χ3n) is 8.74. The average Bonchev–Trinajstić information content (AvgIpc) is 3.69. The second-order valence-electron chi connectivity index (χ2n) is 11.9. The number of carbonyl (C=O) groups excluding carboxylic acids is 1. The Morgan fingerprint density at radius 2 is 1.77 bits per heavy atom. The van der Waals surface area contributed by atoms with E-state index in [2.05, 4.69) is 4.90 Å². The summed E-state index contributed by atoms with van der Waals surface area (Å²) in [5, 5.41) is 11.3. The maximum atomic E-state index is 13.7. The van der Waals surface area contributed by atoms with Gasteiger partial charge < -0.3 is 33.9 Å². The lowest BCUT2D eigenvalue weighted by Crippen LogP contribution is -2.49. The average molecular weight is 625 g/mol. The molecule has 3 heterocycles. The van der Waals surface area contributed by atoms with Crippen molar-refractivity contribution >= 4 is 17.5 Å². The third-order valence-corrected chi connectivity index (χ3v) is 9.04. The molecule has 1 spiro atoms. The van der Waals surface area contributed by atoms with Crippen molar-refractivity contribution in [2.45, 2.75) is 50.4 Å². The lowest BCUT2D eigenvalue weighted by molar-refractivity contribution is -0.00203. The molecule has 0 aliphatic carbocycles. The monoisotopic (exact) mass is 624 g/mol. The Hall–Kier alpha value is -3.53. The normalized spacial score (nSPS) is 18.1. The first-order chi connectivity index (χ1) is 21.3. The summed E-state index contributed by atoms with van der Waals surface area (Å²) < 4.78 is 37.3. The van der Waals surface area contributed by atoms with Gasteiger partial charge in [-0.3, -0.25) is 4.79 Å². The summed E-state index contributed by atoms with van der Waals surface area (Å²) in [5.41, 5.74) is 1.89. The Balaban J connectivity index is 1.08. The number of halogens is 2. The Labute approximate surface area is 262 Å². The van der Waals surface area contributed by atoms with Crippen molar-refractivity contribution in [3.8, 4) is 23.0 Å². The van der Waals surface area contributed by atoms with E-state index in [1.165, 1.54) is 6.07 Å². The molecule has 3 aliphatic heterocycles. The molecule has 10 heteroatoms. The maximum Gasteiger partial charge on any atom is 0.257 e. The van der Waals surface area contributed by atoms with Crippen LogP contribution in [0.3, 0.4) is 0 Å². The standard InChI is InChI=1S/C34H38ClFN2O6/c1-41-27-7-4-23(5-8-27)21-42-32-18-31(28(17-29(32)35)33(40)38-12-2-3-13-38)43-22-26(39)20-37-14-10-34(11-15-37)19-24-16-25(36)6-9-30(24)44-34/h4-9,16-18,26,39H,2-3,10-15,19-22H2,1H3/t26-/m0/s1. The molecular formula is C34H38ClFN2O6. The molecule has 2 fully saturated rings. The van der Waals surface area contributed by atoms with Crippen LogP contribution in [0.2, 0.25) is 5.02 Å². The van der Waals surface area contributed by atoms with Gasteiger partial charge in [0.05, 0.1) is 17.7 Å². The summed E-state index contributed by atoms with van der Waals surface area (Å²) in [4.78, 5) is 17.4. The minimum atomic E-state index is -0.783. The molecular weight excluding hydrogens is 587 g/mol. The first-order valence-electron chi connectivity index (χ1n) is 15.2. The topological polar surface area (TPSA) is 80.7 Å². The number of β-amino-alcohol motifs (C(OH)–C–C–N with tert-alkyl or cyclic N) is 1. The number of nitrogens with zero attached hydrogens (tertiary/aromatic N) is 2. The molecule has 8 nitrogen and oxygen atoms in total. The Kier molecular flexibility index (Phi) is 9.16. The quantitative estimate of drug-likeness (QED) is 0.319. The number of hydrogen-bond donors (Lipinski definition) is 1. The van der Waals surface area contributed by atoms with Crippen LogP contribution in [-0.4, -0.2) is 79.0 Å². The maximum absolute atomic E-state index is 13.7. The molecule has 0 saturated carbocycles. The fourth-order valence-electron chi connectivity index (χ4n) is 6.27. The molecule has 0 unspecified atom stereocenters. The number of fused-ring (bicyclic) bond motifs is 1. The largest absolute Gasteiger partial charge is 0.497 e. The molecule has 0 aromatic heterocycles. The summed E-state index contributed by atoms with van der Waals surface area (Å²) in [6, 6.07) is 15.5. The van der Waals surface area contributed by atoms with Crippen LogP contribution in [0, 0.1) is 5.82 Å². The van der Waals surface area contributed by atoms with Gasteiger partial charge in [-0.25, -0.2) is 4.39 Å². The van der Waals surface area contributed by atoms with Gasteiger partial charge in [0, 0.05) is 63.6 Å². The number of ether oxygens (including phenoxy) is 4. The van der Waals surface area contributed by atoms with Crippen molar-refractivity contribution in [1.29, 1.82) is 0 Å². The van der Waals surface area contributed by atoms with E-state index >= 15 is 0 Å². The minimum absolute atomic E-state index is 0.00267. The molecule has 3 aromatic rings. The summed E-state index contributed by atoms with van der Waals surface area (Å²) in [7, 11) is 1.62. The van der Waals surface area contributed by atoms with E-state index in [1.54, 1.807) is 36.3 Å². The second kappa shape index (κ2) is 13.2. The number of likely N-dealkylation sites (tertiary alicyclic amines) is 2. The van der Waals surface area contributed by atoms with E-state index in [0.717, 1.165) is 61.4 Å². The summed E-state index contributed by atoms with van der Waals surface area (Å²) in [5.74, 6) is 1.86. The lowest BCUT2D eigenvalue weighted by atomic mass is 9.87. The molecule has 3 aromatic carbocycles. The highest BCUT2D eigenvalue weighted by molar-refractivity contribution is 6.32. The first kappa shape index (κ1) is 30.5. The van der Waals surface area contributed by atoms with E-state index in [9.17, 15) is 14.3 Å². The highest BCUT2D eigenvalue weighted by Gasteiger charge is 2.42. The van der Waals surface area contributed by atoms with Gasteiger partial charge in [0.2, 0.25) is 0 Å². The zero-order chi connectivity index (χ0) is 30.7. The first-order valence-corrected chi connectivity index (χ1v) is 15.6. The van der Waals surface area contributed by atoms with Gasteiger partial charge in [0.1, 0.15) is 53.7 Å². The van der Waals surface area contributed by atoms with Crippen molar-refractivity contribution in [2.24, 2.45) is 0 Å². The molecule has 3 aliphatic rings. The van der Waals surface area contributed by atoms with E-state index in [-0.39, 0.29) is 30.5 Å². The number of methoxy groups -OCH3 is 1. The van der Waals surface area contributed by atoms with Crippen LogP contribution in [0.1, 0.15) is 47.2 Å². The zero-order valence-electron chi connectivity index (χ0n) is 24.9. The smallest absolute Gasteiger partial charge is 0.257 e. The molecule has 0 bridgehead atoms. The van der Waals surface area contributed by atoms with Gasteiger partial charge >= 0.3 is 0 Å². The lowest BCUT2D eigenvalue weighted by Gasteiger charge is -2.39. The molecule has 1 atom stereocenters. The van der Waals surface area contributed by atoms with E-state index < -0.39 is 6.10 Å². The van der Waals surface area contributed by atoms with Crippen molar-refractivity contribution in [2.75, 3.05) is 46.4 Å². The van der Waals surface area contributed by atoms with Gasteiger partial charge in [0.15, 0.2) is 0 Å². The van der Waals surface area contributed by atoms with Gasteiger partial charge in [-0.05, 0) is 54.8 Å². The summed E-state index contributed by atoms with van der Waals surface area (Å²) in [6.07, 6.45) is 3.42.